The molecule has 0 aliphatic carbocycles. The maximum atomic E-state index is 12.6. The summed E-state index contributed by atoms with van der Waals surface area (Å²) in [5.74, 6) is -0.0639. The van der Waals surface area contributed by atoms with E-state index in [1.54, 1.807) is 7.11 Å². The summed E-state index contributed by atoms with van der Waals surface area (Å²) in [6.07, 6.45) is 2.25. The van der Waals surface area contributed by atoms with Crippen LogP contribution in [0, 0.1) is 13.8 Å². The largest absolute Gasteiger partial charge is 0.383 e. The van der Waals surface area contributed by atoms with Gasteiger partial charge in [0.15, 0.2) is 0 Å². The molecule has 2 aromatic carbocycles. The van der Waals surface area contributed by atoms with Crippen molar-refractivity contribution in [2.45, 2.75) is 26.7 Å². The van der Waals surface area contributed by atoms with Gasteiger partial charge >= 0.3 is 0 Å². The van der Waals surface area contributed by atoms with Gasteiger partial charge in [0.25, 0.3) is 5.91 Å². The van der Waals surface area contributed by atoms with Gasteiger partial charge < -0.3 is 15.0 Å². The van der Waals surface area contributed by atoms with Gasteiger partial charge in [-0.25, -0.2) is 0 Å². The highest BCUT2D eigenvalue weighted by atomic mass is 16.5. The molecule has 1 heterocycles. The number of nitrogens with zero attached hydrogens (tertiary/aromatic N) is 1. The first-order valence-corrected chi connectivity index (χ1v) is 8.83. The zero-order chi connectivity index (χ0) is 17.8. The van der Waals surface area contributed by atoms with Crippen molar-refractivity contribution in [3.63, 3.8) is 0 Å². The fourth-order valence-electron chi connectivity index (χ4n) is 3.47. The minimum atomic E-state index is -0.0639. The SMILES string of the molecule is COCCN1CCCc2ccc(NC(=O)c3cc(C)cc(C)c3)cc21. The van der Waals surface area contributed by atoms with E-state index in [-0.39, 0.29) is 5.91 Å². The fourth-order valence-corrected chi connectivity index (χ4v) is 3.47. The number of amides is 1. The van der Waals surface area contributed by atoms with Crippen LogP contribution in [0.25, 0.3) is 0 Å². The summed E-state index contributed by atoms with van der Waals surface area (Å²) in [5.41, 5.74) is 6.29. The molecule has 1 N–H and O–H groups in total. The molecule has 0 spiro atoms. The summed E-state index contributed by atoms with van der Waals surface area (Å²) in [6.45, 7) is 6.63. The number of fused-ring (bicyclic) bond motifs is 1. The van der Waals surface area contributed by atoms with Gasteiger partial charge in [-0.3, -0.25) is 4.79 Å². The Hall–Kier alpha value is -2.33. The van der Waals surface area contributed by atoms with Crippen molar-refractivity contribution in [2.24, 2.45) is 0 Å². The van der Waals surface area contributed by atoms with E-state index < -0.39 is 0 Å². The third-order valence-electron chi connectivity index (χ3n) is 4.61. The summed E-state index contributed by atoms with van der Waals surface area (Å²) >= 11 is 0. The lowest BCUT2D eigenvalue weighted by molar-refractivity contribution is 0.102. The summed E-state index contributed by atoms with van der Waals surface area (Å²) in [4.78, 5) is 14.9. The molecule has 132 valence electrons. The van der Waals surface area contributed by atoms with Crippen LogP contribution in [0.5, 0.6) is 0 Å². The molecule has 0 aromatic heterocycles. The van der Waals surface area contributed by atoms with Gasteiger partial charge in [-0.05, 0) is 56.5 Å². The van der Waals surface area contributed by atoms with Crippen LogP contribution in [0.15, 0.2) is 36.4 Å². The Kier molecular flexibility index (Phi) is 5.39. The first-order valence-electron chi connectivity index (χ1n) is 8.83. The average Bonchev–Trinajstić information content (AvgIpc) is 2.59. The Balaban J connectivity index is 1.80. The molecule has 0 radical (unpaired) electrons. The second kappa shape index (κ2) is 7.70. The van der Waals surface area contributed by atoms with Crippen molar-refractivity contribution in [3.8, 4) is 0 Å². The van der Waals surface area contributed by atoms with Gasteiger partial charge in [-0.1, -0.05) is 23.3 Å². The maximum absolute atomic E-state index is 12.6. The van der Waals surface area contributed by atoms with Crippen molar-refractivity contribution < 1.29 is 9.53 Å². The highest BCUT2D eigenvalue weighted by Crippen LogP contribution is 2.30. The number of hydrogen-bond donors (Lipinski definition) is 1. The molecule has 2 aromatic rings. The first-order chi connectivity index (χ1) is 12.1. The molecule has 1 aliphatic rings. The van der Waals surface area contributed by atoms with Crippen molar-refractivity contribution >= 4 is 17.3 Å². The van der Waals surface area contributed by atoms with Crippen LogP contribution in [0.1, 0.15) is 33.5 Å². The zero-order valence-corrected chi connectivity index (χ0v) is 15.3. The summed E-state index contributed by atoms with van der Waals surface area (Å²) in [7, 11) is 1.73. The number of rotatable bonds is 5. The van der Waals surface area contributed by atoms with Crippen LogP contribution in [-0.2, 0) is 11.2 Å². The summed E-state index contributed by atoms with van der Waals surface area (Å²) in [6, 6.07) is 12.1. The van der Waals surface area contributed by atoms with Crippen LogP contribution in [0.4, 0.5) is 11.4 Å². The predicted octanol–water partition coefficient (Wildman–Crippen LogP) is 3.95. The molecular weight excluding hydrogens is 312 g/mol. The Morgan fingerprint density at radius 1 is 1.16 bits per heavy atom. The fraction of sp³-hybridized carbons (Fsp3) is 0.381. The molecule has 0 unspecified atom stereocenters. The second-order valence-electron chi connectivity index (χ2n) is 6.76. The molecule has 0 fully saturated rings. The summed E-state index contributed by atoms with van der Waals surface area (Å²) in [5, 5.41) is 3.04. The smallest absolute Gasteiger partial charge is 0.255 e. The van der Waals surface area contributed by atoms with Crippen LogP contribution in [-0.4, -0.2) is 32.7 Å². The van der Waals surface area contributed by atoms with Gasteiger partial charge in [0.2, 0.25) is 0 Å². The van der Waals surface area contributed by atoms with E-state index in [9.17, 15) is 4.79 Å². The Labute approximate surface area is 149 Å². The number of methoxy groups -OCH3 is 1. The van der Waals surface area contributed by atoms with Crippen molar-refractivity contribution in [1.82, 2.24) is 0 Å². The van der Waals surface area contributed by atoms with E-state index in [4.69, 9.17) is 4.74 Å². The Morgan fingerprint density at radius 3 is 2.64 bits per heavy atom. The van der Waals surface area contributed by atoms with E-state index in [2.05, 4.69) is 28.4 Å². The van der Waals surface area contributed by atoms with Crippen LogP contribution >= 0.6 is 0 Å². The van der Waals surface area contributed by atoms with E-state index >= 15 is 0 Å². The quantitative estimate of drug-likeness (QED) is 0.897. The number of anilines is 2. The predicted molar refractivity (Wildman–Crippen MR) is 103 cm³/mol. The molecule has 4 nitrogen and oxygen atoms in total. The van der Waals surface area contributed by atoms with Crippen LogP contribution in [0.2, 0.25) is 0 Å². The lowest BCUT2D eigenvalue weighted by atomic mass is 10.0. The van der Waals surface area contributed by atoms with E-state index in [1.807, 2.05) is 32.0 Å². The monoisotopic (exact) mass is 338 g/mol. The third kappa shape index (κ3) is 4.20. The highest BCUT2D eigenvalue weighted by molar-refractivity contribution is 6.04. The molecular formula is C21H26N2O2. The molecule has 1 aliphatic heterocycles. The molecule has 0 atom stereocenters. The molecule has 4 heteroatoms. The van der Waals surface area contributed by atoms with Crippen molar-refractivity contribution in [1.29, 1.82) is 0 Å². The molecule has 1 amide bonds. The molecule has 0 saturated carbocycles. The van der Waals surface area contributed by atoms with Gasteiger partial charge in [-0.2, -0.15) is 0 Å². The number of hydrogen-bond acceptors (Lipinski definition) is 3. The van der Waals surface area contributed by atoms with Crippen molar-refractivity contribution in [2.75, 3.05) is 37.0 Å². The standard InChI is InChI=1S/C21H26N2O2/c1-15-11-16(2)13-18(12-15)21(24)22-19-7-6-17-5-4-8-23(9-10-25-3)20(17)14-19/h6-7,11-14H,4-5,8-10H2,1-3H3,(H,22,24). The molecule has 0 bridgehead atoms. The van der Waals surface area contributed by atoms with E-state index in [1.165, 1.54) is 11.3 Å². The van der Waals surface area contributed by atoms with E-state index in [0.29, 0.717) is 12.2 Å². The lowest BCUT2D eigenvalue weighted by Gasteiger charge is -2.31. The maximum Gasteiger partial charge on any atom is 0.255 e. The zero-order valence-electron chi connectivity index (χ0n) is 15.3. The number of carbonyl (C=O) groups is 1. The third-order valence-corrected chi connectivity index (χ3v) is 4.61. The van der Waals surface area contributed by atoms with Gasteiger partial charge in [0, 0.05) is 37.1 Å². The minimum Gasteiger partial charge on any atom is -0.383 e. The number of benzene rings is 2. The first kappa shape index (κ1) is 17.5. The van der Waals surface area contributed by atoms with Gasteiger partial charge in [-0.15, -0.1) is 0 Å². The summed E-state index contributed by atoms with van der Waals surface area (Å²) < 4.78 is 5.22. The minimum absolute atomic E-state index is 0.0639. The molecule has 0 saturated heterocycles. The Morgan fingerprint density at radius 2 is 1.92 bits per heavy atom. The van der Waals surface area contributed by atoms with Crippen LogP contribution < -0.4 is 10.2 Å². The molecule has 25 heavy (non-hydrogen) atoms. The van der Waals surface area contributed by atoms with Crippen molar-refractivity contribution in [3.05, 3.63) is 58.7 Å². The number of carbonyl (C=O) groups excluding carboxylic acids is 1. The number of nitrogens with one attached hydrogen (secondary N) is 1. The number of ether oxygens (including phenoxy) is 1. The Bertz CT molecular complexity index is 750. The van der Waals surface area contributed by atoms with Gasteiger partial charge in [0.05, 0.1) is 6.61 Å². The number of aryl methyl sites for hydroxylation is 3. The topological polar surface area (TPSA) is 41.6 Å². The van der Waals surface area contributed by atoms with Crippen LogP contribution in [0.3, 0.4) is 0 Å². The molecule has 3 rings (SSSR count). The van der Waals surface area contributed by atoms with Gasteiger partial charge in [0.1, 0.15) is 0 Å². The average molecular weight is 338 g/mol. The normalized spacial score (nSPS) is 13.5. The second-order valence-corrected chi connectivity index (χ2v) is 6.76. The van der Waals surface area contributed by atoms with E-state index in [0.717, 1.165) is 42.7 Å². The highest BCUT2D eigenvalue weighted by Gasteiger charge is 2.17. The lowest BCUT2D eigenvalue weighted by Crippen LogP contribution is -2.32.